The van der Waals surface area contributed by atoms with E-state index in [9.17, 15) is 19.7 Å². The van der Waals surface area contributed by atoms with Crippen LogP contribution in [0.5, 0.6) is 0 Å². The molecule has 0 aliphatic heterocycles. The van der Waals surface area contributed by atoms with Crippen molar-refractivity contribution in [1.82, 2.24) is 0 Å². The molecule has 9 heteroatoms. The third-order valence-corrected chi connectivity index (χ3v) is 0.387. The summed E-state index contributed by atoms with van der Waals surface area (Å²) >= 11 is 7.86. The minimum Gasteiger partial charge on any atom is -0.742 e. The van der Waals surface area contributed by atoms with Crippen molar-refractivity contribution < 1.29 is 117 Å². The summed E-state index contributed by atoms with van der Waals surface area (Å²) in [6.45, 7) is 0.602. The first-order valence-corrected chi connectivity index (χ1v) is 3.17. The molecule has 0 saturated heterocycles. The summed E-state index contributed by atoms with van der Waals surface area (Å²) in [5, 5.41) is 8.25. The van der Waals surface area contributed by atoms with Crippen LogP contribution in [0.2, 0.25) is 0 Å². The fourth-order valence-electron chi connectivity index (χ4n) is 0.105. The molecule has 0 radical (unpaired) electrons. The van der Waals surface area contributed by atoms with Crippen LogP contribution >= 0.6 is 0 Å². The summed E-state index contributed by atoms with van der Waals surface area (Å²) in [4.78, 5) is 27.5. The van der Waals surface area contributed by atoms with E-state index in [-0.39, 0.29) is 108 Å². The van der Waals surface area contributed by atoms with Crippen LogP contribution in [0.15, 0.2) is 0 Å². The Labute approximate surface area is 172 Å². The predicted octanol–water partition coefficient (Wildman–Crippen LogP) is -6.58. The number of carbonyl (C=O) groups is 2. The van der Waals surface area contributed by atoms with Gasteiger partial charge in [-0.3, -0.25) is 10.1 Å². The molecule has 0 aliphatic rings. The molecule has 0 amide bonds. The molecule has 0 aliphatic carbocycles. The van der Waals surface area contributed by atoms with Gasteiger partial charge in [-0.1, -0.05) is 0 Å². The Kier molecular flexibility index (Phi) is 31.9. The molecular weight excluding hydrogens is 268 g/mol. The van der Waals surface area contributed by atoms with Gasteiger partial charge in [0, 0.05) is 10.0 Å². The van der Waals surface area contributed by atoms with Crippen molar-refractivity contribution in [2.45, 2.75) is 6.92 Å². The summed E-state index contributed by atoms with van der Waals surface area (Å²) in [6, 6.07) is 0. The smallest absolute Gasteiger partial charge is 0.742 e. The zero-order valence-corrected chi connectivity index (χ0v) is 15.5. The standard InChI is InChI=1S/C2H3NO3S.C2H4OS.2K/c4-2(7)1-3(5)6;1-2(3)4;;/h1H2,(H,4,7);1H3,(H,3,4);;/q;;2*+1/p-2. The molecule has 0 saturated carbocycles. The van der Waals surface area contributed by atoms with E-state index < -0.39 is 16.6 Å². The normalized spacial score (nSPS) is 6.23. The molecule has 0 bridgehead atoms. The van der Waals surface area contributed by atoms with Crippen LogP contribution < -0.4 is 103 Å². The fourth-order valence-corrected chi connectivity index (χ4v) is 0.211. The van der Waals surface area contributed by atoms with Crippen molar-refractivity contribution in [2.24, 2.45) is 0 Å². The molecule has 0 atom stereocenters. The van der Waals surface area contributed by atoms with Gasteiger partial charge < -0.3 is 34.8 Å². The van der Waals surface area contributed by atoms with E-state index in [0.717, 1.165) is 0 Å². The Balaban J connectivity index is -0.0000000600. The van der Waals surface area contributed by atoms with E-state index in [1.807, 2.05) is 0 Å². The summed E-state index contributed by atoms with van der Waals surface area (Å²) < 4.78 is 0. The van der Waals surface area contributed by atoms with Crippen molar-refractivity contribution in [3.05, 3.63) is 10.1 Å². The molecule has 0 rings (SSSR count). The minimum absolute atomic E-state index is 0. The molecular formula is C4H5K2NO4S2. The van der Waals surface area contributed by atoms with Crippen molar-refractivity contribution in [2.75, 3.05) is 6.54 Å². The first-order valence-electron chi connectivity index (χ1n) is 2.35. The van der Waals surface area contributed by atoms with E-state index in [2.05, 4.69) is 25.3 Å². The molecule has 0 aromatic rings. The second-order valence-corrected chi connectivity index (χ2v) is 2.38. The molecule has 64 valence electrons. The van der Waals surface area contributed by atoms with Gasteiger partial charge in [0.05, 0.1) is 5.12 Å². The van der Waals surface area contributed by atoms with E-state index in [0.29, 0.717) is 0 Å². The fraction of sp³-hybridized carbons (Fsp3) is 0.500. The van der Waals surface area contributed by atoms with Gasteiger partial charge in [0.1, 0.15) is 0 Å². The van der Waals surface area contributed by atoms with Crippen LogP contribution in [0.25, 0.3) is 0 Å². The zero-order valence-electron chi connectivity index (χ0n) is 7.60. The number of hydrogen-bond donors (Lipinski definition) is 0. The third-order valence-electron chi connectivity index (χ3n) is 0.258. The molecule has 0 heterocycles. The Morgan fingerprint density at radius 3 is 1.54 bits per heavy atom. The zero-order chi connectivity index (χ0) is 9.44. The van der Waals surface area contributed by atoms with Crippen molar-refractivity contribution in [1.29, 1.82) is 0 Å². The van der Waals surface area contributed by atoms with Gasteiger partial charge in [0.2, 0.25) is 6.54 Å². The van der Waals surface area contributed by atoms with Gasteiger partial charge in [-0.05, 0) is 6.92 Å². The number of rotatable bonds is 2. The number of carbonyl (C=O) groups excluding carboxylic acids is 2. The quantitative estimate of drug-likeness (QED) is 0.215. The Bertz CT molecular complexity index is 162. The largest absolute Gasteiger partial charge is 1.00 e. The van der Waals surface area contributed by atoms with Crippen LogP contribution in [0.4, 0.5) is 0 Å². The van der Waals surface area contributed by atoms with Crippen molar-refractivity contribution >= 4 is 35.5 Å². The molecule has 0 unspecified atom stereocenters. The Hall–Kier alpha value is 2.45. The van der Waals surface area contributed by atoms with Crippen LogP contribution in [0.1, 0.15) is 6.92 Å². The van der Waals surface area contributed by atoms with Gasteiger partial charge in [0.15, 0.2) is 0 Å². The van der Waals surface area contributed by atoms with Gasteiger partial charge in [0.25, 0.3) is 0 Å². The predicted molar refractivity (Wildman–Crippen MR) is 42.3 cm³/mol. The molecule has 0 aromatic heterocycles. The summed E-state index contributed by atoms with van der Waals surface area (Å²) in [6.07, 6.45) is 0. The number of nitro groups is 1. The second-order valence-electron chi connectivity index (χ2n) is 1.35. The van der Waals surface area contributed by atoms with Gasteiger partial charge in [-0.2, -0.15) is 0 Å². The number of hydrogen-bond acceptors (Lipinski definition) is 6. The Morgan fingerprint density at radius 1 is 1.31 bits per heavy atom. The van der Waals surface area contributed by atoms with Crippen molar-refractivity contribution in [3.8, 4) is 0 Å². The van der Waals surface area contributed by atoms with Gasteiger partial charge in [-0.15, -0.1) is 0 Å². The average molecular weight is 273 g/mol. The molecule has 0 N–H and O–H groups in total. The first kappa shape index (κ1) is 24.6. The topological polar surface area (TPSA) is 77.3 Å². The molecule has 0 aromatic carbocycles. The summed E-state index contributed by atoms with van der Waals surface area (Å²) in [5.74, 6) is 0. The van der Waals surface area contributed by atoms with E-state index >= 15 is 0 Å². The number of nitrogens with zero attached hydrogens (tertiary/aromatic N) is 1. The molecule has 0 spiro atoms. The van der Waals surface area contributed by atoms with E-state index in [1.54, 1.807) is 0 Å². The van der Waals surface area contributed by atoms with Crippen LogP contribution in [0.3, 0.4) is 0 Å². The third kappa shape index (κ3) is 53.8. The van der Waals surface area contributed by atoms with Gasteiger partial charge >= 0.3 is 103 Å². The first-order chi connectivity index (χ1) is 4.86. The van der Waals surface area contributed by atoms with Gasteiger partial charge in [-0.25, -0.2) is 0 Å². The molecule has 5 nitrogen and oxygen atoms in total. The van der Waals surface area contributed by atoms with Crippen LogP contribution in [-0.2, 0) is 34.8 Å². The monoisotopic (exact) mass is 273 g/mol. The van der Waals surface area contributed by atoms with E-state index in [1.165, 1.54) is 6.92 Å². The van der Waals surface area contributed by atoms with E-state index in [4.69, 9.17) is 0 Å². The minimum atomic E-state index is -0.829. The summed E-state index contributed by atoms with van der Waals surface area (Å²) in [5.41, 5.74) is 0. The maximum absolute atomic E-state index is 9.63. The SMILES string of the molecule is CC(=O)[S-].O=C([S-])C[N+](=O)[O-].[K+].[K+]. The van der Waals surface area contributed by atoms with Crippen LogP contribution in [0, 0.1) is 10.1 Å². The Morgan fingerprint density at radius 2 is 1.54 bits per heavy atom. The summed E-state index contributed by atoms with van der Waals surface area (Å²) in [7, 11) is 0. The molecule has 13 heavy (non-hydrogen) atoms. The van der Waals surface area contributed by atoms with Crippen LogP contribution in [-0.4, -0.2) is 21.7 Å². The maximum Gasteiger partial charge on any atom is 1.00 e. The maximum atomic E-state index is 9.63. The van der Waals surface area contributed by atoms with Crippen molar-refractivity contribution in [3.63, 3.8) is 0 Å². The molecule has 0 fully saturated rings. The average Bonchev–Trinajstić information content (AvgIpc) is 1.56. The second kappa shape index (κ2) is 16.9.